The molecule has 0 amide bonds. The number of carbonyl (C=O) groups excluding carboxylic acids is 1. The van der Waals surface area contributed by atoms with Gasteiger partial charge in [-0.25, -0.2) is 0 Å². The molecule has 16 heavy (non-hydrogen) atoms. The summed E-state index contributed by atoms with van der Waals surface area (Å²) in [5.41, 5.74) is 1.38. The number of ketones is 1. The molecule has 2 heterocycles. The molecular formula is C11H11BrN2OS. The molecule has 0 aliphatic carbocycles. The lowest BCUT2D eigenvalue weighted by Gasteiger charge is -2.03. The standard InChI is InChI=1S/C11H11BrN2OS/c1-2-5-14-9(3-4-13-14)11(15)8-6-10(12)16-7-8/h3-4,6-7H,2,5H2,1H3. The van der Waals surface area contributed by atoms with Crippen LogP contribution in [0.15, 0.2) is 27.5 Å². The molecule has 0 atom stereocenters. The zero-order valence-electron chi connectivity index (χ0n) is 8.81. The molecule has 2 aromatic heterocycles. The van der Waals surface area contributed by atoms with Gasteiger partial charge in [0.2, 0.25) is 5.78 Å². The minimum absolute atomic E-state index is 0.0351. The van der Waals surface area contributed by atoms with Crippen LogP contribution in [0, 0.1) is 0 Å². The Morgan fingerprint density at radius 2 is 2.44 bits per heavy atom. The van der Waals surface area contributed by atoms with Gasteiger partial charge >= 0.3 is 0 Å². The molecule has 0 spiro atoms. The van der Waals surface area contributed by atoms with Gasteiger partial charge in [-0.15, -0.1) is 11.3 Å². The number of halogens is 1. The van der Waals surface area contributed by atoms with E-state index >= 15 is 0 Å². The molecule has 0 unspecified atom stereocenters. The highest BCUT2D eigenvalue weighted by molar-refractivity contribution is 9.11. The van der Waals surface area contributed by atoms with E-state index in [2.05, 4.69) is 28.0 Å². The molecule has 0 aromatic carbocycles. The first-order chi connectivity index (χ1) is 7.72. The summed E-state index contributed by atoms with van der Waals surface area (Å²) in [7, 11) is 0. The first-order valence-electron chi connectivity index (χ1n) is 5.03. The van der Waals surface area contributed by atoms with Gasteiger partial charge in [0.1, 0.15) is 5.69 Å². The van der Waals surface area contributed by atoms with E-state index in [-0.39, 0.29) is 5.78 Å². The molecule has 2 aromatic rings. The maximum Gasteiger partial charge on any atom is 0.211 e. The Kier molecular flexibility index (Phi) is 3.56. The van der Waals surface area contributed by atoms with Crippen LogP contribution in [0.3, 0.4) is 0 Å². The molecule has 3 nitrogen and oxygen atoms in total. The van der Waals surface area contributed by atoms with E-state index in [1.165, 1.54) is 11.3 Å². The summed E-state index contributed by atoms with van der Waals surface area (Å²) in [6.07, 6.45) is 2.64. The molecule has 2 rings (SSSR count). The molecule has 0 bridgehead atoms. The van der Waals surface area contributed by atoms with Crippen molar-refractivity contribution < 1.29 is 4.79 Å². The Morgan fingerprint density at radius 1 is 1.62 bits per heavy atom. The molecule has 0 saturated carbocycles. The van der Waals surface area contributed by atoms with Crippen molar-refractivity contribution in [1.82, 2.24) is 9.78 Å². The number of carbonyl (C=O) groups is 1. The first kappa shape index (κ1) is 11.5. The van der Waals surface area contributed by atoms with Gasteiger partial charge in [-0.1, -0.05) is 6.92 Å². The van der Waals surface area contributed by atoms with Crippen LogP contribution in [0.4, 0.5) is 0 Å². The number of rotatable bonds is 4. The van der Waals surface area contributed by atoms with Gasteiger partial charge in [0.25, 0.3) is 0 Å². The maximum atomic E-state index is 12.1. The van der Waals surface area contributed by atoms with Gasteiger partial charge < -0.3 is 0 Å². The summed E-state index contributed by atoms with van der Waals surface area (Å²) in [5.74, 6) is 0.0351. The molecule has 0 aliphatic heterocycles. The molecule has 84 valence electrons. The first-order valence-corrected chi connectivity index (χ1v) is 6.70. The smallest absolute Gasteiger partial charge is 0.211 e. The van der Waals surface area contributed by atoms with Crippen molar-refractivity contribution in [3.8, 4) is 0 Å². The quantitative estimate of drug-likeness (QED) is 0.812. The van der Waals surface area contributed by atoms with Gasteiger partial charge in [0.15, 0.2) is 0 Å². The fraction of sp³-hybridized carbons (Fsp3) is 0.273. The number of aryl methyl sites for hydroxylation is 1. The third kappa shape index (κ3) is 2.25. The summed E-state index contributed by atoms with van der Waals surface area (Å²) in [5, 5.41) is 6.00. The minimum Gasteiger partial charge on any atom is -0.287 e. The summed E-state index contributed by atoms with van der Waals surface area (Å²) in [4.78, 5) is 12.1. The fourth-order valence-corrected chi connectivity index (χ4v) is 2.63. The van der Waals surface area contributed by atoms with Crippen molar-refractivity contribution in [3.05, 3.63) is 38.8 Å². The van der Waals surface area contributed by atoms with E-state index < -0.39 is 0 Å². The van der Waals surface area contributed by atoms with Crippen molar-refractivity contribution in [2.45, 2.75) is 19.9 Å². The third-order valence-electron chi connectivity index (χ3n) is 2.21. The normalized spacial score (nSPS) is 10.6. The average molecular weight is 299 g/mol. The zero-order valence-corrected chi connectivity index (χ0v) is 11.2. The molecular weight excluding hydrogens is 288 g/mol. The van der Waals surface area contributed by atoms with Crippen LogP contribution in [0.5, 0.6) is 0 Å². The van der Waals surface area contributed by atoms with Crippen LogP contribution in [0.1, 0.15) is 29.4 Å². The van der Waals surface area contributed by atoms with Crippen molar-refractivity contribution in [3.63, 3.8) is 0 Å². The Morgan fingerprint density at radius 3 is 3.06 bits per heavy atom. The highest BCUT2D eigenvalue weighted by Gasteiger charge is 2.15. The van der Waals surface area contributed by atoms with Crippen LogP contribution < -0.4 is 0 Å². The lowest BCUT2D eigenvalue weighted by molar-refractivity contribution is 0.102. The zero-order chi connectivity index (χ0) is 11.5. The lowest BCUT2D eigenvalue weighted by atomic mass is 10.1. The Labute approximate surface area is 106 Å². The summed E-state index contributed by atoms with van der Waals surface area (Å²) in [6.45, 7) is 2.84. The third-order valence-corrected chi connectivity index (χ3v) is 3.72. The summed E-state index contributed by atoms with van der Waals surface area (Å²) in [6, 6.07) is 3.61. The monoisotopic (exact) mass is 298 g/mol. The number of aromatic nitrogens is 2. The van der Waals surface area contributed by atoms with Crippen molar-refractivity contribution in [2.75, 3.05) is 0 Å². The van der Waals surface area contributed by atoms with E-state index in [9.17, 15) is 4.79 Å². The van der Waals surface area contributed by atoms with Gasteiger partial charge in [0.05, 0.1) is 3.79 Å². The number of hydrogen-bond donors (Lipinski definition) is 0. The van der Waals surface area contributed by atoms with Crippen LogP contribution in [-0.2, 0) is 6.54 Å². The minimum atomic E-state index is 0.0351. The lowest BCUT2D eigenvalue weighted by Crippen LogP contribution is -2.10. The molecule has 0 N–H and O–H groups in total. The average Bonchev–Trinajstić information content (AvgIpc) is 2.87. The van der Waals surface area contributed by atoms with E-state index in [1.807, 2.05) is 11.4 Å². The molecule has 0 aliphatic rings. The van der Waals surface area contributed by atoms with Gasteiger partial charge in [-0.3, -0.25) is 9.48 Å². The Balaban J connectivity index is 2.30. The van der Waals surface area contributed by atoms with Crippen molar-refractivity contribution in [1.29, 1.82) is 0 Å². The van der Waals surface area contributed by atoms with E-state index in [0.29, 0.717) is 5.69 Å². The molecule has 0 radical (unpaired) electrons. The van der Waals surface area contributed by atoms with E-state index in [1.54, 1.807) is 16.9 Å². The van der Waals surface area contributed by atoms with Gasteiger partial charge in [-0.05, 0) is 34.5 Å². The van der Waals surface area contributed by atoms with Crippen LogP contribution in [0.2, 0.25) is 0 Å². The fourth-order valence-electron chi connectivity index (χ4n) is 1.49. The highest BCUT2D eigenvalue weighted by Crippen LogP contribution is 2.22. The van der Waals surface area contributed by atoms with Crippen LogP contribution in [0.25, 0.3) is 0 Å². The predicted molar refractivity (Wildman–Crippen MR) is 68.0 cm³/mol. The number of nitrogens with zero attached hydrogens (tertiary/aromatic N) is 2. The van der Waals surface area contributed by atoms with E-state index in [4.69, 9.17) is 0 Å². The Bertz CT molecular complexity index is 504. The summed E-state index contributed by atoms with van der Waals surface area (Å²) < 4.78 is 2.73. The van der Waals surface area contributed by atoms with Gasteiger partial charge in [-0.2, -0.15) is 5.10 Å². The van der Waals surface area contributed by atoms with Crippen molar-refractivity contribution >= 4 is 33.0 Å². The SMILES string of the molecule is CCCn1nccc1C(=O)c1csc(Br)c1. The van der Waals surface area contributed by atoms with E-state index in [0.717, 1.165) is 22.3 Å². The van der Waals surface area contributed by atoms with Crippen molar-refractivity contribution in [2.24, 2.45) is 0 Å². The van der Waals surface area contributed by atoms with Crippen LogP contribution in [-0.4, -0.2) is 15.6 Å². The largest absolute Gasteiger partial charge is 0.287 e. The Hall–Kier alpha value is -0.940. The predicted octanol–water partition coefficient (Wildman–Crippen LogP) is 3.35. The molecule has 0 saturated heterocycles. The second-order valence-corrected chi connectivity index (χ2v) is 5.70. The molecule has 0 fully saturated rings. The topological polar surface area (TPSA) is 34.9 Å². The summed E-state index contributed by atoms with van der Waals surface area (Å²) >= 11 is 4.87. The van der Waals surface area contributed by atoms with Gasteiger partial charge in [0, 0.05) is 23.7 Å². The highest BCUT2D eigenvalue weighted by atomic mass is 79.9. The van der Waals surface area contributed by atoms with Crippen LogP contribution >= 0.6 is 27.3 Å². The molecule has 5 heteroatoms. The second-order valence-electron chi connectivity index (χ2n) is 3.41. The number of thiophene rings is 1. The second kappa shape index (κ2) is 4.93. The maximum absolute atomic E-state index is 12.1. The number of hydrogen-bond acceptors (Lipinski definition) is 3.